The first-order chi connectivity index (χ1) is 17.3. The van der Waals surface area contributed by atoms with E-state index in [1.165, 1.54) is 61.2 Å². The van der Waals surface area contributed by atoms with Gasteiger partial charge in [0.2, 0.25) is 0 Å². The van der Waals surface area contributed by atoms with Crippen molar-refractivity contribution in [3.63, 3.8) is 0 Å². The summed E-state index contributed by atoms with van der Waals surface area (Å²) in [6, 6.07) is 30.8. The minimum Gasteiger partial charge on any atom is -0.0619 e. The van der Waals surface area contributed by atoms with E-state index in [1.54, 1.807) is 0 Å². The van der Waals surface area contributed by atoms with Crippen molar-refractivity contribution in [2.75, 3.05) is 0 Å². The second-order valence-corrected chi connectivity index (χ2v) is 14.3. The molecular weight excluding hydrogens is 444 g/mol. The zero-order chi connectivity index (χ0) is 26.5. The van der Waals surface area contributed by atoms with Gasteiger partial charge >= 0.3 is 0 Å². The predicted octanol–water partition coefficient (Wildman–Crippen LogP) is 9.92. The summed E-state index contributed by atoms with van der Waals surface area (Å²) in [5, 5.41) is 0. The van der Waals surface area contributed by atoms with Crippen LogP contribution in [0.3, 0.4) is 0 Å². The second kappa shape index (κ2) is 7.47. The van der Waals surface area contributed by atoms with Crippen molar-refractivity contribution < 1.29 is 0 Å². The molecule has 0 aliphatic heterocycles. The van der Waals surface area contributed by atoms with Crippen molar-refractivity contribution in [1.82, 2.24) is 0 Å². The van der Waals surface area contributed by atoms with Crippen molar-refractivity contribution in [1.29, 1.82) is 0 Å². The van der Waals surface area contributed by atoms with Gasteiger partial charge in [-0.25, -0.2) is 0 Å². The van der Waals surface area contributed by atoms with Crippen molar-refractivity contribution in [3.05, 3.63) is 118 Å². The van der Waals surface area contributed by atoms with Crippen LogP contribution in [0.5, 0.6) is 0 Å². The molecule has 4 aromatic carbocycles. The van der Waals surface area contributed by atoms with Gasteiger partial charge in [-0.3, -0.25) is 0 Å². The normalized spacial score (nSPS) is 15.4. The van der Waals surface area contributed by atoms with Crippen molar-refractivity contribution in [2.24, 2.45) is 0 Å². The van der Waals surface area contributed by atoms with Crippen LogP contribution in [0, 0.1) is 0 Å². The highest BCUT2D eigenvalue weighted by atomic mass is 14.5. The second-order valence-electron chi connectivity index (χ2n) is 14.3. The van der Waals surface area contributed by atoms with E-state index < -0.39 is 0 Å². The lowest BCUT2D eigenvalue weighted by Crippen LogP contribution is -2.27. The Morgan fingerprint density at radius 2 is 0.946 bits per heavy atom. The zero-order valence-corrected chi connectivity index (χ0v) is 24.0. The predicted molar refractivity (Wildman–Crippen MR) is 159 cm³/mol. The van der Waals surface area contributed by atoms with Crippen LogP contribution in [0.1, 0.15) is 101 Å². The summed E-state index contributed by atoms with van der Waals surface area (Å²) in [5.41, 5.74) is 15.5. The first-order valence-corrected chi connectivity index (χ1v) is 13.8. The van der Waals surface area contributed by atoms with E-state index in [2.05, 4.69) is 141 Å². The van der Waals surface area contributed by atoms with Gasteiger partial charge < -0.3 is 0 Å². The summed E-state index contributed by atoms with van der Waals surface area (Å²) in [6.45, 7) is 21.0. The summed E-state index contributed by atoms with van der Waals surface area (Å²) < 4.78 is 0. The van der Waals surface area contributed by atoms with E-state index >= 15 is 0 Å². The molecule has 0 N–H and O–H groups in total. The molecule has 0 aromatic heterocycles. The highest BCUT2D eigenvalue weighted by Crippen LogP contribution is 2.64. The fourth-order valence-corrected chi connectivity index (χ4v) is 6.79. The molecule has 4 aromatic rings. The topological polar surface area (TPSA) is 0 Å². The van der Waals surface area contributed by atoms with Gasteiger partial charge in [0, 0.05) is 0 Å². The van der Waals surface area contributed by atoms with E-state index in [0.717, 1.165) is 0 Å². The van der Waals surface area contributed by atoms with Crippen molar-refractivity contribution in [3.8, 4) is 22.3 Å². The molecule has 0 amide bonds. The molecule has 2 aliphatic carbocycles. The molecule has 1 spiro atoms. The number of rotatable bonds is 0. The summed E-state index contributed by atoms with van der Waals surface area (Å²) in [7, 11) is 0. The molecule has 0 bridgehead atoms. The van der Waals surface area contributed by atoms with Crippen LogP contribution in [-0.2, 0) is 21.7 Å². The molecule has 0 radical (unpaired) electrons. The summed E-state index contributed by atoms with van der Waals surface area (Å²) in [4.78, 5) is 0. The van der Waals surface area contributed by atoms with Gasteiger partial charge in [-0.2, -0.15) is 0 Å². The highest BCUT2D eigenvalue weighted by molar-refractivity contribution is 5.96. The Morgan fingerprint density at radius 1 is 0.432 bits per heavy atom. The molecule has 37 heavy (non-hydrogen) atoms. The molecule has 0 unspecified atom stereocenters. The SMILES string of the molecule is CC(C)(C)c1ccc2c(c1)C1(c3cc(C(C)(C)C)ccc3-2)c2ccccc2-c2c(C(C)(C)C)cccc21. The van der Waals surface area contributed by atoms with Crippen LogP contribution in [-0.4, -0.2) is 0 Å². The van der Waals surface area contributed by atoms with Gasteiger partial charge in [0.05, 0.1) is 5.41 Å². The third kappa shape index (κ3) is 3.27. The maximum Gasteiger partial charge on any atom is 0.0725 e. The summed E-state index contributed by atoms with van der Waals surface area (Å²) >= 11 is 0. The molecule has 188 valence electrons. The van der Waals surface area contributed by atoms with Crippen LogP contribution < -0.4 is 0 Å². The van der Waals surface area contributed by atoms with Gasteiger partial charge in [0.15, 0.2) is 0 Å². The van der Waals surface area contributed by atoms with E-state index in [-0.39, 0.29) is 21.7 Å². The minimum absolute atomic E-state index is 0.0504. The fraction of sp³-hybridized carbons (Fsp3) is 0.351. The van der Waals surface area contributed by atoms with E-state index in [0.29, 0.717) is 0 Å². The monoisotopic (exact) mass is 484 g/mol. The molecule has 0 atom stereocenters. The van der Waals surface area contributed by atoms with Crippen molar-refractivity contribution >= 4 is 0 Å². The Morgan fingerprint density at radius 3 is 1.46 bits per heavy atom. The molecule has 0 fully saturated rings. The molecule has 0 nitrogen and oxygen atoms in total. The number of hydrogen-bond acceptors (Lipinski definition) is 0. The highest BCUT2D eigenvalue weighted by Gasteiger charge is 2.53. The summed E-state index contributed by atoms with van der Waals surface area (Å²) in [6.07, 6.45) is 0. The van der Waals surface area contributed by atoms with E-state index in [9.17, 15) is 0 Å². The maximum atomic E-state index is 2.53. The minimum atomic E-state index is -0.305. The third-order valence-electron chi connectivity index (χ3n) is 8.75. The van der Waals surface area contributed by atoms with Gasteiger partial charge in [-0.15, -0.1) is 0 Å². The Bertz CT molecular complexity index is 1490. The van der Waals surface area contributed by atoms with Crippen LogP contribution in [0.4, 0.5) is 0 Å². The average Bonchev–Trinajstić information content (AvgIpc) is 3.29. The van der Waals surface area contributed by atoms with Crippen LogP contribution >= 0.6 is 0 Å². The number of benzene rings is 4. The van der Waals surface area contributed by atoms with Crippen LogP contribution in [0.25, 0.3) is 22.3 Å². The Kier molecular flexibility index (Phi) is 4.89. The van der Waals surface area contributed by atoms with Crippen LogP contribution in [0.15, 0.2) is 78.9 Å². The molecule has 0 heteroatoms. The third-order valence-corrected chi connectivity index (χ3v) is 8.75. The molecule has 2 aliphatic rings. The lowest BCUT2D eigenvalue weighted by molar-refractivity contribution is 0.586. The molecule has 0 heterocycles. The van der Waals surface area contributed by atoms with Gasteiger partial charge in [0.25, 0.3) is 0 Å². The Hall–Kier alpha value is -3.12. The zero-order valence-electron chi connectivity index (χ0n) is 24.0. The van der Waals surface area contributed by atoms with Crippen LogP contribution in [0.2, 0.25) is 0 Å². The lowest BCUT2D eigenvalue weighted by atomic mass is 9.68. The number of fused-ring (bicyclic) bond motifs is 10. The standard InChI is InChI=1S/C37H40/c1-34(2,3)23-17-19-25-26-20-18-24(35(4,5)6)22-32(26)37(31(25)21-23)28-14-11-10-13-27(28)33-29(36(7,8)9)15-12-16-30(33)37/h10-22H,1-9H3. The number of hydrogen-bond donors (Lipinski definition) is 0. The quantitative estimate of drug-likeness (QED) is 0.201. The molecule has 6 rings (SSSR count). The first kappa shape index (κ1) is 24.2. The Balaban J connectivity index is 1.83. The van der Waals surface area contributed by atoms with Gasteiger partial charge in [0.1, 0.15) is 0 Å². The van der Waals surface area contributed by atoms with Gasteiger partial charge in [-0.05, 0) is 77.4 Å². The summed E-state index contributed by atoms with van der Waals surface area (Å²) in [5.74, 6) is 0. The fourth-order valence-electron chi connectivity index (χ4n) is 6.79. The molecular formula is C37H40. The molecule has 0 saturated heterocycles. The van der Waals surface area contributed by atoms with Gasteiger partial charge in [-0.1, -0.05) is 141 Å². The van der Waals surface area contributed by atoms with E-state index in [1.807, 2.05) is 0 Å². The first-order valence-electron chi connectivity index (χ1n) is 13.8. The lowest BCUT2D eigenvalue weighted by Gasteiger charge is -2.33. The van der Waals surface area contributed by atoms with E-state index in [4.69, 9.17) is 0 Å². The smallest absolute Gasteiger partial charge is 0.0619 e. The average molecular weight is 485 g/mol. The Labute approximate surface area is 223 Å². The maximum absolute atomic E-state index is 2.53. The molecule has 0 saturated carbocycles. The largest absolute Gasteiger partial charge is 0.0725 e. The van der Waals surface area contributed by atoms with Crippen molar-refractivity contribution in [2.45, 2.75) is 84.0 Å².